The van der Waals surface area contributed by atoms with Crippen molar-refractivity contribution in [3.8, 4) is 11.5 Å². The second-order valence-corrected chi connectivity index (χ2v) is 6.31. The number of nitrogen functional groups attached to an aromatic ring is 2. The van der Waals surface area contributed by atoms with E-state index in [-0.39, 0.29) is 17.8 Å². The number of nitrogens with one attached hydrogen (secondary N) is 1. The number of methoxy groups -OCH3 is 2. The standard InChI is InChI=1S/C15H20N6O3S/c1-8(25-15-20-13(16)19-14(17)21-15)12(22)18-7-9-4-5-10(23-2)11(6-9)24-3/h4-6,8H,7H2,1-3H3,(H,18,22)(H4,16,17,19,20,21). The second-order valence-electron chi connectivity index (χ2n) is 5.00. The van der Waals surface area contributed by atoms with E-state index in [1.165, 1.54) is 0 Å². The zero-order valence-electron chi connectivity index (χ0n) is 14.1. The highest BCUT2D eigenvalue weighted by molar-refractivity contribution is 8.00. The van der Waals surface area contributed by atoms with Crippen LogP contribution in [0.15, 0.2) is 23.4 Å². The van der Waals surface area contributed by atoms with E-state index in [1.54, 1.807) is 27.2 Å². The van der Waals surface area contributed by atoms with Crippen molar-refractivity contribution in [2.45, 2.75) is 23.9 Å². The molecule has 0 saturated carbocycles. The molecule has 1 aromatic carbocycles. The van der Waals surface area contributed by atoms with Crippen molar-refractivity contribution in [3.63, 3.8) is 0 Å². The Bertz CT molecular complexity index is 738. The Labute approximate surface area is 149 Å². The maximum Gasteiger partial charge on any atom is 0.233 e. The largest absolute Gasteiger partial charge is 0.493 e. The van der Waals surface area contributed by atoms with E-state index in [2.05, 4.69) is 20.3 Å². The first-order valence-corrected chi connectivity index (χ1v) is 8.23. The summed E-state index contributed by atoms with van der Waals surface area (Å²) in [5.41, 5.74) is 11.9. The summed E-state index contributed by atoms with van der Waals surface area (Å²) in [6.07, 6.45) is 0. The Kier molecular flexibility index (Phi) is 6.23. The van der Waals surface area contributed by atoms with Crippen LogP contribution in [-0.4, -0.2) is 40.3 Å². The summed E-state index contributed by atoms with van der Waals surface area (Å²) < 4.78 is 10.4. The molecule has 0 spiro atoms. The molecule has 1 heterocycles. The molecule has 0 saturated heterocycles. The van der Waals surface area contributed by atoms with Crippen molar-refractivity contribution in [1.29, 1.82) is 0 Å². The highest BCUT2D eigenvalue weighted by atomic mass is 32.2. The van der Waals surface area contributed by atoms with Gasteiger partial charge in [0.15, 0.2) is 16.7 Å². The lowest BCUT2D eigenvalue weighted by molar-refractivity contribution is -0.120. The van der Waals surface area contributed by atoms with Crippen LogP contribution in [0.25, 0.3) is 0 Å². The van der Waals surface area contributed by atoms with Gasteiger partial charge in [0.2, 0.25) is 17.8 Å². The van der Waals surface area contributed by atoms with Crippen molar-refractivity contribution in [3.05, 3.63) is 23.8 Å². The third-order valence-electron chi connectivity index (χ3n) is 3.22. The van der Waals surface area contributed by atoms with Gasteiger partial charge in [-0.25, -0.2) is 0 Å². The number of carbonyl (C=O) groups is 1. The molecule has 134 valence electrons. The van der Waals surface area contributed by atoms with Crippen LogP contribution in [0.3, 0.4) is 0 Å². The molecule has 0 radical (unpaired) electrons. The topological polar surface area (TPSA) is 138 Å². The molecule has 1 unspecified atom stereocenters. The number of rotatable bonds is 7. The summed E-state index contributed by atoms with van der Waals surface area (Å²) in [7, 11) is 3.13. The van der Waals surface area contributed by atoms with Crippen molar-refractivity contribution < 1.29 is 14.3 Å². The van der Waals surface area contributed by atoms with E-state index < -0.39 is 5.25 Å². The third kappa shape index (κ3) is 5.11. The summed E-state index contributed by atoms with van der Waals surface area (Å²) >= 11 is 1.15. The first-order valence-electron chi connectivity index (χ1n) is 7.35. The molecule has 9 nitrogen and oxygen atoms in total. The molecule has 25 heavy (non-hydrogen) atoms. The molecular weight excluding hydrogens is 344 g/mol. The number of ether oxygens (including phenoxy) is 2. The Morgan fingerprint density at radius 3 is 2.40 bits per heavy atom. The van der Waals surface area contributed by atoms with Gasteiger partial charge in [0.25, 0.3) is 0 Å². The number of thioether (sulfide) groups is 1. The average molecular weight is 364 g/mol. The molecule has 0 fully saturated rings. The van der Waals surface area contributed by atoms with Crippen molar-refractivity contribution in [1.82, 2.24) is 20.3 Å². The van der Waals surface area contributed by atoms with Gasteiger partial charge in [-0.05, 0) is 24.6 Å². The smallest absolute Gasteiger partial charge is 0.233 e. The monoisotopic (exact) mass is 364 g/mol. The Morgan fingerprint density at radius 1 is 1.16 bits per heavy atom. The van der Waals surface area contributed by atoms with Crippen molar-refractivity contribution in [2.75, 3.05) is 25.7 Å². The molecule has 5 N–H and O–H groups in total. The summed E-state index contributed by atoms with van der Waals surface area (Å²) in [4.78, 5) is 23.8. The lowest BCUT2D eigenvalue weighted by Crippen LogP contribution is -2.30. The fourth-order valence-corrected chi connectivity index (χ4v) is 2.78. The first-order chi connectivity index (χ1) is 11.9. The summed E-state index contributed by atoms with van der Waals surface area (Å²) in [6.45, 7) is 2.09. The number of benzene rings is 1. The normalized spacial score (nSPS) is 11.6. The Hall–Kier alpha value is -2.75. The van der Waals surface area contributed by atoms with Crippen molar-refractivity contribution >= 4 is 29.6 Å². The minimum atomic E-state index is -0.429. The maximum absolute atomic E-state index is 12.2. The number of nitrogens with two attached hydrogens (primary N) is 2. The van der Waals surface area contributed by atoms with Crippen LogP contribution in [0.1, 0.15) is 12.5 Å². The van der Waals surface area contributed by atoms with Gasteiger partial charge in [0, 0.05) is 6.54 Å². The van der Waals surface area contributed by atoms with E-state index in [0.717, 1.165) is 17.3 Å². The van der Waals surface area contributed by atoms with E-state index in [0.29, 0.717) is 23.2 Å². The van der Waals surface area contributed by atoms with E-state index in [1.807, 2.05) is 12.1 Å². The molecule has 0 bridgehead atoms. The van der Waals surface area contributed by atoms with E-state index in [4.69, 9.17) is 20.9 Å². The quantitative estimate of drug-likeness (QED) is 0.610. The van der Waals surface area contributed by atoms with Gasteiger partial charge in [-0.3, -0.25) is 4.79 Å². The maximum atomic E-state index is 12.2. The highest BCUT2D eigenvalue weighted by Crippen LogP contribution is 2.27. The number of carbonyl (C=O) groups excluding carboxylic acids is 1. The fraction of sp³-hybridized carbons (Fsp3) is 0.333. The summed E-state index contributed by atoms with van der Waals surface area (Å²) in [5.74, 6) is 1.11. The van der Waals surface area contributed by atoms with Gasteiger partial charge in [-0.2, -0.15) is 15.0 Å². The number of amides is 1. The van der Waals surface area contributed by atoms with Crippen LogP contribution in [0.4, 0.5) is 11.9 Å². The van der Waals surface area contributed by atoms with Crippen LogP contribution in [0.2, 0.25) is 0 Å². The molecule has 1 amide bonds. The van der Waals surface area contributed by atoms with Crippen LogP contribution in [0, 0.1) is 0 Å². The van der Waals surface area contributed by atoms with Crippen LogP contribution in [0.5, 0.6) is 11.5 Å². The first kappa shape index (κ1) is 18.6. The molecule has 0 aliphatic heterocycles. The fourth-order valence-electron chi connectivity index (χ4n) is 1.98. The van der Waals surface area contributed by atoms with Gasteiger partial charge in [-0.15, -0.1) is 0 Å². The average Bonchev–Trinajstić information content (AvgIpc) is 2.58. The number of hydrogen-bond acceptors (Lipinski definition) is 9. The van der Waals surface area contributed by atoms with Crippen molar-refractivity contribution in [2.24, 2.45) is 0 Å². The van der Waals surface area contributed by atoms with Crippen LogP contribution in [-0.2, 0) is 11.3 Å². The second kappa shape index (κ2) is 8.38. The minimum absolute atomic E-state index is 0.0212. The summed E-state index contributed by atoms with van der Waals surface area (Å²) in [5, 5.41) is 2.72. The predicted octanol–water partition coefficient (Wildman–Crippen LogP) is 0.850. The minimum Gasteiger partial charge on any atom is -0.493 e. The Balaban J connectivity index is 1.95. The lowest BCUT2D eigenvalue weighted by Gasteiger charge is -2.13. The predicted molar refractivity (Wildman–Crippen MR) is 95.4 cm³/mol. The number of aromatic nitrogens is 3. The van der Waals surface area contributed by atoms with Crippen LogP contribution >= 0.6 is 11.8 Å². The number of nitrogens with zero attached hydrogens (tertiary/aromatic N) is 3. The van der Waals surface area contributed by atoms with Gasteiger partial charge in [-0.1, -0.05) is 17.8 Å². The molecule has 1 atom stereocenters. The molecule has 1 aromatic heterocycles. The van der Waals surface area contributed by atoms with E-state index in [9.17, 15) is 4.79 Å². The Morgan fingerprint density at radius 2 is 1.80 bits per heavy atom. The molecule has 0 aliphatic carbocycles. The highest BCUT2D eigenvalue weighted by Gasteiger charge is 2.17. The van der Waals surface area contributed by atoms with Gasteiger partial charge < -0.3 is 26.3 Å². The van der Waals surface area contributed by atoms with E-state index >= 15 is 0 Å². The van der Waals surface area contributed by atoms with Gasteiger partial charge in [0.1, 0.15) is 0 Å². The van der Waals surface area contributed by atoms with Gasteiger partial charge >= 0.3 is 0 Å². The molecule has 2 aromatic rings. The lowest BCUT2D eigenvalue weighted by atomic mass is 10.2. The number of hydrogen-bond donors (Lipinski definition) is 3. The molecule has 10 heteroatoms. The third-order valence-corrected chi connectivity index (χ3v) is 4.18. The SMILES string of the molecule is COc1ccc(CNC(=O)C(C)Sc2nc(N)nc(N)n2)cc1OC. The van der Waals surface area contributed by atoms with Gasteiger partial charge in [0.05, 0.1) is 19.5 Å². The molecular formula is C15H20N6O3S. The summed E-state index contributed by atoms with van der Waals surface area (Å²) in [6, 6.07) is 5.45. The number of anilines is 2. The zero-order valence-corrected chi connectivity index (χ0v) is 15.0. The zero-order chi connectivity index (χ0) is 18.4. The van der Waals surface area contributed by atoms with Crippen LogP contribution < -0.4 is 26.3 Å². The molecule has 0 aliphatic rings. The molecule has 2 rings (SSSR count).